The molecule has 2 rings (SSSR count). The number of guanidine groups is 1. The summed E-state index contributed by atoms with van der Waals surface area (Å²) >= 11 is 0. The van der Waals surface area contributed by atoms with E-state index in [-0.39, 0.29) is 6.04 Å². The average Bonchev–Trinajstić information content (AvgIpc) is 2.89. The minimum atomic E-state index is 0.283. The second-order valence-electron chi connectivity index (χ2n) is 4.58. The van der Waals surface area contributed by atoms with Crippen molar-refractivity contribution in [3.05, 3.63) is 48.3 Å². The summed E-state index contributed by atoms with van der Waals surface area (Å²) in [4.78, 5) is 4.35. The van der Waals surface area contributed by atoms with Gasteiger partial charge < -0.3 is 11.1 Å². The number of para-hydroxylation sites is 1. The highest BCUT2D eigenvalue weighted by atomic mass is 15.3. The van der Waals surface area contributed by atoms with Crippen molar-refractivity contribution in [2.24, 2.45) is 10.7 Å². The van der Waals surface area contributed by atoms with Gasteiger partial charge in [-0.1, -0.05) is 18.2 Å². The Hall–Kier alpha value is -2.30. The van der Waals surface area contributed by atoms with E-state index in [2.05, 4.69) is 15.4 Å². The van der Waals surface area contributed by atoms with Gasteiger partial charge >= 0.3 is 0 Å². The van der Waals surface area contributed by atoms with E-state index in [1.807, 2.05) is 55.1 Å². The van der Waals surface area contributed by atoms with Crippen LogP contribution < -0.4 is 11.1 Å². The van der Waals surface area contributed by atoms with Gasteiger partial charge in [0.05, 0.1) is 12.2 Å². The number of benzene rings is 1. The van der Waals surface area contributed by atoms with E-state index in [4.69, 9.17) is 5.73 Å². The van der Waals surface area contributed by atoms with Gasteiger partial charge in [0.2, 0.25) is 0 Å². The molecule has 19 heavy (non-hydrogen) atoms. The molecular weight excluding hydrogens is 238 g/mol. The van der Waals surface area contributed by atoms with Crippen molar-refractivity contribution in [3.63, 3.8) is 0 Å². The lowest BCUT2D eigenvalue weighted by molar-refractivity contribution is 0.723. The van der Waals surface area contributed by atoms with E-state index < -0.39 is 0 Å². The zero-order valence-electron chi connectivity index (χ0n) is 11.2. The van der Waals surface area contributed by atoms with E-state index in [0.29, 0.717) is 12.5 Å². The Morgan fingerprint density at radius 1 is 1.37 bits per heavy atom. The first-order valence-corrected chi connectivity index (χ1v) is 6.31. The predicted molar refractivity (Wildman–Crippen MR) is 77.2 cm³/mol. The Bertz CT molecular complexity index is 543. The molecule has 0 fully saturated rings. The van der Waals surface area contributed by atoms with Gasteiger partial charge in [0.1, 0.15) is 0 Å². The molecular formula is C14H19N5. The van der Waals surface area contributed by atoms with Crippen molar-refractivity contribution in [2.75, 3.05) is 0 Å². The Kier molecular flexibility index (Phi) is 4.18. The minimum Gasteiger partial charge on any atom is -0.370 e. The van der Waals surface area contributed by atoms with Gasteiger partial charge in [-0.2, -0.15) is 5.10 Å². The molecule has 0 bridgehead atoms. The zero-order chi connectivity index (χ0) is 13.7. The van der Waals surface area contributed by atoms with E-state index in [9.17, 15) is 0 Å². The van der Waals surface area contributed by atoms with Crippen LogP contribution in [0.15, 0.2) is 47.7 Å². The zero-order valence-corrected chi connectivity index (χ0v) is 11.2. The largest absolute Gasteiger partial charge is 0.370 e. The van der Waals surface area contributed by atoms with E-state index in [1.54, 1.807) is 6.20 Å². The Balaban J connectivity index is 2.17. The number of nitrogens with zero attached hydrogens (tertiary/aromatic N) is 3. The normalized spacial score (nSPS) is 11.8. The number of hydrogen-bond acceptors (Lipinski definition) is 2. The fourth-order valence-corrected chi connectivity index (χ4v) is 1.79. The summed E-state index contributed by atoms with van der Waals surface area (Å²) in [5.41, 5.74) is 7.91. The fraction of sp³-hybridized carbons (Fsp3) is 0.286. The second kappa shape index (κ2) is 6.04. The lowest BCUT2D eigenvalue weighted by atomic mass is 10.2. The Labute approximate surface area is 113 Å². The summed E-state index contributed by atoms with van der Waals surface area (Å²) in [5, 5.41) is 7.32. The van der Waals surface area contributed by atoms with Crippen molar-refractivity contribution in [2.45, 2.75) is 26.4 Å². The third-order valence-electron chi connectivity index (χ3n) is 2.60. The summed E-state index contributed by atoms with van der Waals surface area (Å²) in [7, 11) is 0. The molecule has 2 aromatic rings. The smallest absolute Gasteiger partial charge is 0.189 e. The van der Waals surface area contributed by atoms with Gasteiger partial charge in [0.25, 0.3) is 0 Å². The van der Waals surface area contributed by atoms with Gasteiger partial charge in [-0.25, -0.2) is 9.67 Å². The molecule has 0 aliphatic carbocycles. The van der Waals surface area contributed by atoms with Crippen LogP contribution in [0.3, 0.4) is 0 Å². The molecule has 0 amide bonds. The number of rotatable bonds is 4. The molecule has 5 heteroatoms. The molecule has 0 aliphatic heterocycles. The van der Waals surface area contributed by atoms with Gasteiger partial charge in [0, 0.05) is 18.4 Å². The first-order valence-electron chi connectivity index (χ1n) is 6.31. The van der Waals surface area contributed by atoms with Crippen LogP contribution in [0, 0.1) is 0 Å². The third-order valence-corrected chi connectivity index (χ3v) is 2.60. The molecule has 100 valence electrons. The van der Waals surface area contributed by atoms with Crippen molar-refractivity contribution in [1.29, 1.82) is 0 Å². The van der Waals surface area contributed by atoms with E-state index >= 15 is 0 Å². The summed E-state index contributed by atoms with van der Waals surface area (Å²) in [6, 6.07) is 10.2. The van der Waals surface area contributed by atoms with Crippen LogP contribution in [-0.2, 0) is 6.54 Å². The van der Waals surface area contributed by atoms with E-state index in [1.165, 1.54) is 0 Å². The summed E-state index contributed by atoms with van der Waals surface area (Å²) in [6.45, 7) is 4.59. The number of nitrogens with two attached hydrogens (primary N) is 1. The van der Waals surface area contributed by atoms with Crippen LogP contribution >= 0.6 is 0 Å². The molecule has 0 saturated heterocycles. The molecule has 0 radical (unpaired) electrons. The van der Waals surface area contributed by atoms with Gasteiger partial charge in [0.15, 0.2) is 5.96 Å². The molecule has 1 aromatic carbocycles. The van der Waals surface area contributed by atoms with Gasteiger partial charge in [-0.05, 0) is 31.5 Å². The minimum absolute atomic E-state index is 0.283. The Morgan fingerprint density at radius 3 is 2.84 bits per heavy atom. The average molecular weight is 257 g/mol. The monoisotopic (exact) mass is 257 g/mol. The lowest BCUT2D eigenvalue weighted by Gasteiger charge is -2.10. The maximum atomic E-state index is 5.81. The molecule has 1 heterocycles. The number of aliphatic imine (C=N–C) groups is 1. The van der Waals surface area contributed by atoms with Crippen LogP contribution in [0.2, 0.25) is 0 Å². The maximum absolute atomic E-state index is 5.81. The third kappa shape index (κ3) is 3.58. The van der Waals surface area contributed by atoms with Crippen LogP contribution in [0.1, 0.15) is 19.4 Å². The highest BCUT2D eigenvalue weighted by Gasteiger charge is 2.03. The van der Waals surface area contributed by atoms with Crippen LogP contribution in [0.25, 0.3) is 5.69 Å². The summed E-state index contributed by atoms with van der Waals surface area (Å²) in [5.74, 6) is 0.463. The van der Waals surface area contributed by atoms with Crippen LogP contribution in [0.4, 0.5) is 0 Å². The first-order chi connectivity index (χ1) is 9.16. The fourth-order valence-electron chi connectivity index (χ4n) is 1.79. The van der Waals surface area contributed by atoms with Crippen molar-refractivity contribution in [3.8, 4) is 5.69 Å². The topological polar surface area (TPSA) is 68.2 Å². The van der Waals surface area contributed by atoms with Gasteiger partial charge in [-0.3, -0.25) is 0 Å². The highest BCUT2D eigenvalue weighted by Crippen LogP contribution is 2.14. The molecule has 0 spiro atoms. The molecule has 1 aromatic heterocycles. The van der Waals surface area contributed by atoms with Crippen molar-refractivity contribution in [1.82, 2.24) is 15.1 Å². The number of nitrogens with one attached hydrogen (secondary N) is 1. The quantitative estimate of drug-likeness (QED) is 0.647. The van der Waals surface area contributed by atoms with Crippen LogP contribution in [0.5, 0.6) is 0 Å². The number of hydrogen-bond donors (Lipinski definition) is 2. The molecule has 0 aliphatic rings. The SMILES string of the molecule is CC(C)NC(N)=NCc1ccccc1-n1cccn1. The summed E-state index contributed by atoms with van der Waals surface area (Å²) in [6.07, 6.45) is 3.67. The molecule has 0 atom stereocenters. The second-order valence-corrected chi connectivity index (χ2v) is 4.58. The first kappa shape index (κ1) is 13.1. The van der Waals surface area contributed by atoms with Crippen molar-refractivity contribution >= 4 is 5.96 Å². The highest BCUT2D eigenvalue weighted by molar-refractivity contribution is 5.78. The predicted octanol–water partition coefficient (Wildman–Crippen LogP) is 1.68. The number of aromatic nitrogens is 2. The molecule has 0 unspecified atom stereocenters. The molecule has 0 saturated carbocycles. The maximum Gasteiger partial charge on any atom is 0.189 e. The summed E-state index contributed by atoms with van der Waals surface area (Å²) < 4.78 is 1.83. The molecule has 5 nitrogen and oxygen atoms in total. The van der Waals surface area contributed by atoms with Crippen molar-refractivity contribution < 1.29 is 0 Å². The standard InChI is InChI=1S/C14H19N5/c1-11(2)18-14(15)16-10-12-6-3-4-7-13(12)19-9-5-8-17-19/h3-9,11H,10H2,1-2H3,(H3,15,16,18). The van der Waals surface area contributed by atoms with Crippen LogP contribution in [-0.4, -0.2) is 21.8 Å². The Morgan fingerprint density at radius 2 is 2.16 bits per heavy atom. The molecule has 3 N–H and O–H groups in total. The lowest BCUT2D eigenvalue weighted by Crippen LogP contribution is -2.36. The van der Waals surface area contributed by atoms with E-state index in [0.717, 1.165) is 11.3 Å². The van der Waals surface area contributed by atoms with Gasteiger partial charge in [-0.15, -0.1) is 0 Å².